The van der Waals surface area contributed by atoms with Crippen molar-refractivity contribution in [1.82, 2.24) is 9.80 Å². The summed E-state index contributed by atoms with van der Waals surface area (Å²) in [7, 11) is 0. The van der Waals surface area contributed by atoms with Crippen LogP contribution < -0.4 is 0 Å². The minimum absolute atomic E-state index is 0.0617. The predicted octanol–water partition coefficient (Wildman–Crippen LogP) is 0.424. The summed E-state index contributed by atoms with van der Waals surface area (Å²) in [6.45, 7) is 6.17. The molecule has 1 saturated carbocycles. The Kier molecular flexibility index (Phi) is 4.30. The molecular formula is C14H22N2O4. The van der Waals surface area contributed by atoms with E-state index in [0.717, 1.165) is 0 Å². The van der Waals surface area contributed by atoms with Crippen LogP contribution in [-0.2, 0) is 14.4 Å². The van der Waals surface area contributed by atoms with E-state index in [9.17, 15) is 14.4 Å². The quantitative estimate of drug-likeness (QED) is 0.811. The fourth-order valence-electron chi connectivity index (χ4n) is 2.63. The van der Waals surface area contributed by atoms with Gasteiger partial charge in [0.2, 0.25) is 11.8 Å². The van der Waals surface area contributed by atoms with Crippen LogP contribution in [0.1, 0.15) is 26.7 Å². The Labute approximate surface area is 118 Å². The third-order valence-corrected chi connectivity index (χ3v) is 3.95. The van der Waals surface area contributed by atoms with Crippen molar-refractivity contribution in [3.05, 3.63) is 0 Å². The zero-order chi connectivity index (χ0) is 14.9. The van der Waals surface area contributed by atoms with Crippen LogP contribution in [0.15, 0.2) is 0 Å². The van der Waals surface area contributed by atoms with E-state index in [4.69, 9.17) is 5.11 Å². The van der Waals surface area contributed by atoms with Crippen LogP contribution in [0.4, 0.5) is 0 Å². The Morgan fingerprint density at radius 3 is 2.05 bits per heavy atom. The van der Waals surface area contributed by atoms with Gasteiger partial charge in [0.05, 0.1) is 11.8 Å². The molecule has 2 atom stereocenters. The van der Waals surface area contributed by atoms with Crippen LogP contribution in [-0.4, -0.2) is 58.9 Å². The van der Waals surface area contributed by atoms with Crippen LogP contribution in [0.2, 0.25) is 0 Å². The van der Waals surface area contributed by atoms with Crippen molar-refractivity contribution >= 4 is 17.8 Å². The lowest BCUT2D eigenvalue weighted by molar-refractivity contribution is -0.143. The highest BCUT2D eigenvalue weighted by molar-refractivity contribution is 5.89. The number of carboxylic acids is 1. The molecule has 6 heteroatoms. The van der Waals surface area contributed by atoms with Gasteiger partial charge >= 0.3 is 5.97 Å². The summed E-state index contributed by atoms with van der Waals surface area (Å²) in [6, 6.07) is 0. The first-order valence-electron chi connectivity index (χ1n) is 7.19. The largest absolute Gasteiger partial charge is 0.481 e. The molecule has 0 bridgehead atoms. The monoisotopic (exact) mass is 282 g/mol. The summed E-state index contributed by atoms with van der Waals surface area (Å²) < 4.78 is 0. The number of rotatable bonds is 4. The number of carboxylic acid groups (broad SMARTS) is 1. The van der Waals surface area contributed by atoms with E-state index < -0.39 is 11.9 Å². The number of amides is 2. The van der Waals surface area contributed by atoms with Gasteiger partial charge in [-0.2, -0.15) is 0 Å². The second-order valence-corrected chi connectivity index (χ2v) is 6.09. The maximum atomic E-state index is 12.1. The topological polar surface area (TPSA) is 77.9 Å². The molecule has 1 aliphatic heterocycles. The second kappa shape index (κ2) is 5.81. The van der Waals surface area contributed by atoms with Gasteiger partial charge in [-0.3, -0.25) is 14.4 Å². The van der Waals surface area contributed by atoms with Gasteiger partial charge in [-0.15, -0.1) is 0 Å². The van der Waals surface area contributed by atoms with Crippen molar-refractivity contribution < 1.29 is 19.5 Å². The van der Waals surface area contributed by atoms with Gasteiger partial charge < -0.3 is 14.9 Å². The second-order valence-electron chi connectivity index (χ2n) is 6.09. The van der Waals surface area contributed by atoms with Gasteiger partial charge in [0.1, 0.15) is 0 Å². The molecule has 6 nitrogen and oxygen atoms in total. The molecule has 2 aliphatic rings. The third-order valence-electron chi connectivity index (χ3n) is 3.95. The number of hydrogen-bond acceptors (Lipinski definition) is 3. The van der Waals surface area contributed by atoms with Crippen molar-refractivity contribution in [3.63, 3.8) is 0 Å². The van der Waals surface area contributed by atoms with Crippen LogP contribution >= 0.6 is 0 Å². The van der Waals surface area contributed by atoms with Gasteiger partial charge in [-0.05, 0) is 12.3 Å². The number of carbonyl (C=O) groups is 3. The molecule has 0 aromatic rings. The summed E-state index contributed by atoms with van der Waals surface area (Å²) in [6.07, 6.45) is 0.998. The van der Waals surface area contributed by atoms with E-state index in [1.54, 1.807) is 9.80 Å². The molecule has 0 spiro atoms. The third kappa shape index (κ3) is 3.29. The molecule has 0 aromatic heterocycles. The fourth-order valence-corrected chi connectivity index (χ4v) is 2.63. The Morgan fingerprint density at radius 2 is 1.60 bits per heavy atom. The van der Waals surface area contributed by atoms with Crippen molar-refractivity contribution in [2.75, 3.05) is 26.2 Å². The lowest BCUT2D eigenvalue weighted by atomic mass is 10.1. The van der Waals surface area contributed by atoms with Gasteiger partial charge in [-0.1, -0.05) is 13.8 Å². The molecule has 1 saturated heterocycles. The maximum absolute atomic E-state index is 12.1. The van der Waals surface area contributed by atoms with Gasteiger partial charge in [0.25, 0.3) is 0 Å². The SMILES string of the molecule is CC(C)CC(=O)N1CCN(C(=O)[C@@H]2C[C@@H]2C(=O)O)CC1. The molecule has 1 aliphatic carbocycles. The standard InChI is InChI=1S/C14H22N2O4/c1-9(2)7-12(17)15-3-5-16(6-4-15)13(18)10-8-11(10)14(19)20/h9-11H,3-8H2,1-2H3,(H,19,20)/t10-,11+/m1/s1. The van der Waals surface area contributed by atoms with E-state index in [1.165, 1.54) is 0 Å². The summed E-state index contributed by atoms with van der Waals surface area (Å²) in [4.78, 5) is 38.3. The summed E-state index contributed by atoms with van der Waals surface area (Å²) in [5.74, 6) is -1.30. The highest BCUT2D eigenvalue weighted by Crippen LogP contribution is 2.40. The predicted molar refractivity (Wildman–Crippen MR) is 71.8 cm³/mol. The molecule has 1 N–H and O–H groups in total. The van der Waals surface area contributed by atoms with Crippen molar-refractivity contribution in [3.8, 4) is 0 Å². The van der Waals surface area contributed by atoms with Gasteiger partial charge in [-0.25, -0.2) is 0 Å². The van der Waals surface area contributed by atoms with Crippen LogP contribution in [0.25, 0.3) is 0 Å². The van der Waals surface area contributed by atoms with E-state index in [2.05, 4.69) is 0 Å². The number of piperazine rings is 1. The Bertz CT molecular complexity index is 413. The molecule has 2 fully saturated rings. The molecule has 2 rings (SSSR count). The van der Waals surface area contributed by atoms with Gasteiger partial charge in [0.15, 0.2) is 0 Å². The summed E-state index contributed by atoms with van der Waals surface area (Å²) in [5.41, 5.74) is 0. The van der Waals surface area contributed by atoms with Crippen LogP contribution in [0.3, 0.4) is 0 Å². The zero-order valence-corrected chi connectivity index (χ0v) is 12.0. The van der Waals surface area contributed by atoms with Crippen LogP contribution in [0, 0.1) is 17.8 Å². The Hall–Kier alpha value is -1.59. The fraction of sp³-hybridized carbons (Fsp3) is 0.786. The summed E-state index contributed by atoms with van der Waals surface area (Å²) in [5, 5.41) is 8.85. The highest BCUT2D eigenvalue weighted by Gasteiger charge is 2.50. The Morgan fingerprint density at radius 1 is 1.05 bits per heavy atom. The van der Waals surface area contributed by atoms with E-state index in [1.807, 2.05) is 13.8 Å². The summed E-state index contributed by atoms with van der Waals surface area (Å²) >= 11 is 0. The number of aliphatic carboxylic acids is 1. The molecule has 0 radical (unpaired) electrons. The molecular weight excluding hydrogens is 260 g/mol. The molecule has 112 valence electrons. The molecule has 2 amide bonds. The van der Waals surface area contributed by atoms with Crippen LogP contribution in [0.5, 0.6) is 0 Å². The number of nitrogens with zero attached hydrogens (tertiary/aromatic N) is 2. The molecule has 1 heterocycles. The molecule has 20 heavy (non-hydrogen) atoms. The van der Waals surface area contributed by atoms with E-state index in [0.29, 0.717) is 44.9 Å². The normalized spacial score (nSPS) is 25.8. The Balaban J connectivity index is 1.78. The molecule has 0 unspecified atom stereocenters. The minimum Gasteiger partial charge on any atom is -0.481 e. The van der Waals surface area contributed by atoms with Gasteiger partial charge in [0, 0.05) is 32.6 Å². The van der Waals surface area contributed by atoms with E-state index >= 15 is 0 Å². The van der Waals surface area contributed by atoms with E-state index in [-0.39, 0.29) is 17.7 Å². The van der Waals surface area contributed by atoms with Crippen molar-refractivity contribution in [2.24, 2.45) is 17.8 Å². The lowest BCUT2D eigenvalue weighted by Gasteiger charge is -2.35. The average Bonchev–Trinajstić information content (AvgIpc) is 3.17. The lowest BCUT2D eigenvalue weighted by Crippen LogP contribution is -2.51. The first-order valence-corrected chi connectivity index (χ1v) is 7.19. The maximum Gasteiger partial charge on any atom is 0.307 e. The minimum atomic E-state index is -0.880. The first-order chi connectivity index (χ1) is 9.40. The number of carbonyl (C=O) groups excluding carboxylic acids is 2. The smallest absolute Gasteiger partial charge is 0.307 e. The average molecular weight is 282 g/mol. The molecule has 0 aromatic carbocycles. The first kappa shape index (κ1) is 14.8. The van der Waals surface area contributed by atoms with Crippen molar-refractivity contribution in [1.29, 1.82) is 0 Å². The highest BCUT2D eigenvalue weighted by atomic mass is 16.4. The zero-order valence-electron chi connectivity index (χ0n) is 12.0. The number of hydrogen-bond donors (Lipinski definition) is 1. The van der Waals surface area contributed by atoms with Crippen molar-refractivity contribution in [2.45, 2.75) is 26.7 Å².